The molecule has 112 valence electrons. The molecule has 1 aromatic heterocycles. The zero-order valence-corrected chi connectivity index (χ0v) is 12.4. The van der Waals surface area contributed by atoms with E-state index in [0.717, 1.165) is 17.7 Å². The molecule has 5 heteroatoms. The molecule has 1 atom stereocenters. The maximum atomic E-state index is 13.2. The van der Waals surface area contributed by atoms with Gasteiger partial charge in [-0.25, -0.2) is 8.78 Å². The minimum Gasteiger partial charge on any atom is -0.466 e. The van der Waals surface area contributed by atoms with Crippen LogP contribution >= 0.6 is 0 Å². The summed E-state index contributed by atoms with van der Waals surface area (Å²) in [5.41, 5.74) is 1.77. The van der Waals surface area contributed by atoms with Gasteiger partial charge in [-0.2, -0.15) is 0 Å². The SMILES string of the molecule is Cc1oc(C)c(C(=O)NC(C)c2ccc(F)c(F)c2)c1C. The first-order valence-electron chi connectivity index (χ1n) is 6.63. The highest BCUT2D eigenvalue weighted by Crippen LogP contribution is 2.22. The van der Waals surface area contributed by atoms with Crippen LogP contribution in [0.4, 0.5) is 8.78 Å². The van der Waals surface area contributed by atoms with E-state index in [0.29, 0.717) is 22.6 Å². The summed E-state index contributed by atoms with van der Waals surface area (Å²) >= 11 is 0. The average Bonchev–Trinajstić information content (AvgIpc) is 2.66. The van der Waals surface area contributed by atoms with Gasteiger partial charge in [-0.1, -0.05) is 6.07 Å². The van der Waals surface area contributed by atoms with Crippen molar-refractivity contribution in [3.05, 3.63) is 58.0 Å². The first-order chi connectivity index (χ1) is 9.81. The van der Waals surface area contributed by atoms with E-state index < -0.39 is 17.7 Å². The minimum atomic E-state index is -0.930. The van der Waals surface area contributed by atoms with Gasteiger partial charge >= 0.3 is 0 Å². The van der Waals surface area contributed by atoms with Crippen molar-refractivity contribution < 1.29 is 18.0 Å². The predicted octanol–water partition coefficient (Wildman–Crippen LogP) is 3.97. The van der Waals surface area contributed by atoms with Crippen molar-refractivity contribution in [3.8, 4) is 0 Å². The van der Waals surface area contributed by atoms with Gasteiger partial charge in [0.2, 0.25) is 0 Å². The lowest BCUT2D eigenvalue weighted by Crippen LogP contribution is -2.27. The molecule has 0 aliphatic heterocycles. The summed E-state index contributed by atoms with van der Waals surface area (Å²) in [4.78, 5) is 12.3. The first-order valence-corrected chi connectivity index (χ1v) is 6.63. The van der Waals surface area contributed by atoms with Crippen molar-refractivity contribution in [2.45, 2.75) is 33.7 Å². The number of amides is 1. The summed E-state index contributed by atoms with van der Waals surface area (Å²) in [6.45, 7) is 7.03. The minimum absolute atomic E-state index is 0.293. The highest BCUT2D eigenvalue weighted by atomic mass is 19.2. The van der Waals surface area contributed by atoms with Crippen LogP contribution in [0.3, 0.4) is 0 Å². The Bertz CT molecular complexity index is 692. The summed E-state index contributed by atoms with van der Waals surface area (Å²) < 4.78 is 31.6. The Kier molecular flexibility index (Phi) is 4.11. The molecule has 0 bridgehead atoms. The standard InChI is InChI=1S/C16H17F2NO2/c1-8-10(3)21-11(4)15(8)16(20)19-9(2)12-5-6-13(17)14(18)7-12/h5-7,9H,1-4H3,(H,19,20). The number of hydrogen-bond acceptors (Lipinski definition) is 2. The van der Waals surface area contributed by atoms with Gasteiger partial charge < -0.3 is 9.73 Å². The van der Waals surface area contributed by atoms with Crippen LogP contribution in [-0.2, 0) is 0 Å². The van der Waals surface area contributed by atoms with E-state index in [1.807, 2.05) is 6.92 Å². The lowest BCUT2D eigenvalue weighted by molar-refractivity contribution is 0.0937. The Hall–Kier alpha value is -2.17. The molecule has 0 radical (unpaired) electrons. The molecular weight excluding hydrogens is 276 g/mol. The topological polar surface area (TPSA) is 42.2 Å². The summed E-state index contributed by atoms with van der Waals surface area (Å²) in [5.74, 6) is -0.897. The van der Waals surface area contributed by atoms with Gasteiger partial charge in [-0.15, -0.1) is 0 Å². The second kappa shape index (κ2) is 5.68. The molecular formula is C16H17F2NO2. The molecule has 0 fully saturated rings. The molecule has 2 aromatic rings. The van der Waals surface area contributed by atoms with Crippen molar-refractivity contribution in [1.82, 2.24) is 5.32 Å². The Morgan fingerprint density at radius 3 is 2.33 bits per heavy atom. The molecule has 0 saturated carbocycles. The van der Waals surface area contributed by atoms with Crippen LogP contribution in [-0.4, -0.2) is 5.91 Å². The number of hydrogen-bond donors (Lipinski definition) is 1. The zero-order chi connectivity index (χ0) is 15.7. The van der Waals surface area contributed by atoms with Crippen molar-refractivity contribution in [3.63, 3.8) is 0 Å². The zero-order valence-electron chi connectivity index (χ0n) is 12.4. The molecule has 0 aliphatic rings. The number of benzene rings is 1. The van der Waals surface area contributed by atoms with E-state index in [2.05, 4.69) is 5.32 Å². The summed E-state index contributed by atoms with van der Waals surface area (Å²) in [5, 5.41) is 2.77. The molecule has 21 heavy (non-hydrogen) atoms. The van der Waals surface area contributed by atoms with Gasteiger partial charge in [-0.3, -0.25) is 4.79 Å². The molecule has 1 N–H and O–H groups in total. The van der Waals surface area contributed by atoms with Crippen LogP contribution in [0.1, 0.15) is 46.0 Å². The van der Waals surface area contributed by atoms with Gasteiger partial charge in [-0.05, 0) is 45.4 Å². The smallest absolute Gasteiger partial charge is 0.255 e. The number of halogens is 2. The fourth-order valence-electron chi connectivity index (χ4n) is 2.26. The van der Waals surface area contributed by atoms with E-state index in [1.165, 1.54) is 6.07 Å². The maximum absolute atomic E-state index is 13.2. The van der Waals surface area contributed by atoms with Crippen LogP contribution in [0, 0.1) is 32.4 Å². The number of carbonyl (C=O) groups excluding carboxylic acids is 1. The van der Waals surface area contributed by atoms with Crippen molar-refractivity contribution >= 4 is 5.91 Å². The third-order valence-electron chi connectivity index (χ3n) is 3.58. The Morgan fingerprint density at radius 2 is 1.81 bits per heavy atom. The predicted molar refractivity (Wildman–Crippen MR) is 75.2 cm³/mol. The van der Waals surface area contributed by atoms with E-state index in [4.69, 9.17) is 4.42 Å². The van der Waals surface area contributed by atoms with E-state index in [1.54, 1.807) is 20.8 Å². The Labute approximate surface area is 122 Å². The molecule has 1 amide bonds. The molecule has 2 rings (SSSR count). The molecule has 0 aliphatic carbocycles. The number of furan rings is 1. The van der Waals surface area contributed by atoms with Crippen molar-refractivity contribution in [2.24, 2.45) is 0 Å². The largest absolute Gasteiger partial charge is 0.466 e. The lowest BCUT2D eigenvalue weighted by atomic mass is 10.1. The van der Waals surface area contributed by atoms with Gasteiger partial charge in [0.25, 0.3) is 5.91 Å². The number of aryl methyl sites for hydroxylation is 2. The maximum Gasteiger partial charge on any atom is 0.255 e. The highest BCUT2D eigenvalue weighted by Gasteiger charge is 2.20. The summed E-state index contributed by atoms with van der Waals surface area (Å²) in [6, 6.07) is 3.14. The number of nitrogens with one attached hydrogen (secondary N) is 1. The summed E-state index contributed by atoms with van der Waals surface area (Å²) in [7, 11) is 0. The van der Waals surface area contributed by atoms with Crippen LogP contribution in [0.5, 0.6) is 0 Å². The van der Waals surface area contributed by atoms with E-state index in [-0.39, 0.29) is 5.91 Å². The molecule has 1 unspecified atom stereocenters. The Balaban J connectivity index is 2.20. The molecule has 0 spiro atoms. The quantitative estimate of drug-likeness (QED) is 0.930. The van der Waals surface area contributed by atoms with Crippen LogP contribution in [0.2, 0.25) is 0 Å². The van der Waals surface area contributed by atoms with Gasteiger partial charge in [0.05, 0.1) is 11.6 Å². The van der Waals surface area contributed by atoms with Gasteiger partial charge in [0, 0.05) is 5.56 Å². The molecule has 0 saturated heterocycles. The Morgan fingerprint density at radius 1 is 1.14 bits per heavy atom. The second-order valence-corrected chi connectivity index (χ2v) is 5.08. The third kappa shape index (κ3) is 2.96. The van der Waals surface area contributed by atoms with Gasteiger partial charge in [0.1, 0.15) is 11.5 Å². The van der Waals surface area contributed by atoms with Gasteiger partial charge in [0.15, 0.2) is 11.6 Å². The van der Waals surface area contributed by atoms with Crippen LogP contribution in [0.15, 0.2) is 22.6 Å². The molecule has 1 heterocycles. The van der Waals surface area contributed by atoms with Crippen LogP contribution in [0.25, 0.3) is 0 Å². The number of carbonyl (C=O) groups is 1. The van der Waals surface area contributed by atoms with E-state index >= 15 is 0 Å². The molecule has 1 aromatic carbocycles. The average molecular weight is 293 g/mol. The normalized spacial score (nSPS) is 12.3. The molecule has 3 nitrogen and oxygen atoms in total. The number of rotatable bonds is 3. The second-order valence-electron chi connectivity index (χ2n) is 5.08. The fraction of sp³-hybridized carbons (Fsp3) is 0.312. The van der Waals surface area contributed by atoms with Crippen molar-refractivity contribution in [1.29, 1.82) is 0 Å². The first kappa shape index (κ1) is 15.2. The van der Waals surface area contributed by atoms with Crippen LogP contribution < -0.4 is 5.32 Å². The lowest BCUT2D eigenvalue weighted by Gasteiger charge is -2.14. The summed E-state index contributed by atoms with van der Waals surface area (Å²) in [6.07, 6.45) is 0. The van der Waals surface area contributed by atoms with E-state index in [9.17, 15) is 13.6 Å². The highest BCUT2D eigenvalue weighted by molar-refractivity contribution is 5.97. The van der Waals surface area contributed by atoms with Crippen molar-refractivity contribution in [2.75, 3.05) is 0 Å². The fourth-order valence-corrected chi connectivity index (χ4v) is 2.26. The monoisotopic (exact) mass is 293 g/mol. The third-order valence-corrected chi connectivity index (χ3v) is 3.58.